The Bertz CT molecular complexity index is 579. The van der Waals surface area contributed by atoms with Gasteiger partial charge < -0.3 is 10.0 Å². The van der Waals surface area contributed by atoms with E-state index in [0.717, 1.165) is 37.7 Å². The monoisotopic (exact) mass is 307 g/mol. The predicted molar refractivity (Wildman–Crippen MR) is 79.4 cm³/mol. The van der Waals surface area contributed by atoms with Gasteiger partial charge in [0.25, 0.3) is 0 Å². The Morgan fingerprint density at radius 1 is 1.33 bits per heavy atom. The number of benzene rings is 1. The summed E-state index contributed by atoms with van der Waals surface area (Å²) in [7, 11) is 0. The largest absolute Gasteiger partial charge is 0.480 e. The van der Waals surface area contributed by atoms with E-state index < -0.39 is 11.4 Å². The van der Waals surface area contributed by atoms with Gasteiger partial charge in [0.2, 0.25) is 5.91 Å². The van der Waals surface area contributed by atoms with Crippen molar-refractivity contribution in [3.63, 3.8) is 0 Å². The Morgan fingerprint density at radius 2 is 2.05 bits per heavy atom. The average molecular weight is 308 g/mol. The fourth-order valence-corrected chi connectivity index (χ4v) is 3.31. The lowest BCUT2D eigenvalue weighted by molar-refractivity contribution is -0.149. The second-order valence-electron chi connectivity index (χ2n) is 6.00. The molecule has 1 aromatic rings. The van der Waals surface area contributed by atoms with Gasteiger partial charge in [-0.05, 0) is 43.4 Å². The average Bonchev–Trinajstić information content (AvgIpc) is 3.18. The maximum atomic E-state index is 13.0. The number of rotatable bonds is 5. The SMILES string of the molecule is O=C(O)CN(C(=O)C1(c2cccc(Cl)c2)CCC1)C1CC1. The molecule has 0 aromatic heterocycles. The van der Waals surface area contributed by atoms with Crippen molar-refractivity contribution >= 4 is 23.5 Å². The molecule has 2 aliphatic carbocycles. The lowest BCUT2D eigenvalue weighted by Gasteiger charge is -2.44. The summed E-state index contributed by atoms with van der Waals surface area (Å²) in [4.78, 5) is 25.6. The van der Waals surface area contributed by atoms with E-state index in [0.29, 0.717) is 5.02 Å². The highest BCUT2D eigenvalue weighted by molar-refractivity contribution is 6.30. The molecule has 2 aliphatic rings. The minimum Gasteiger partial charge on any atom is -0.480 e. The predicted octanol–water partition coefficient (Wildman–Crippen LogP) is 2.84. The van der Waals surface area contributed by atoms with Gasteiger partial charge in [-0.1, -0.05) is 30.2 Å². The van der Waals surface area contributed by atoms with Crippen LogP contribution in [0.5, 0.6) is 0 Å². The van der Waals surface area contributed by atoms with Crippen LogP contribution in [0.2, 0.25) is 5.02 Å². The number of amides is 1. The maximum Gasteiger partial charge on any atom is 0.323 e. The molecule has 1 N–H and O–H groups in total. The Morgan fingerprint density at radius 3 is 2.52 bits per heavy atom. The molecule has 2 fully saturated rings. The highest BCUT2D eigenvalue weighted by Crippen LogP contribution is 2.47. The van der Waals surface area contributed by atoms with Crippen molar-refractivity contribution in [1.29, 1.82) is 0 Å². The molecule has 21 heavy (non-hydrogen) atoms. The fourth-order valence-electron chi connectivity index (χ4n) is 3.12. The molecule has 0 atom stereocenters. The van der Waals surface area contributed by atoms with E-state index in [9.17, 15) is 9.59 Å². The molecule has 0 aliphatic heterocycles. The van der Waals surface area contributed by atoms with Crippen LogP contribution in [0.15, 0.2) is 24.3 Å². The first kappa shape index (κ1) is 14.4. The van der Waals surface area contributed by atoms with Gasteiger partial charge in [-0.25, -0.2) is 0 Å². The van der Waals surface area contributed by atoms with Crippen LogP contribution >= 0.6 is 11.6 Å². The van der Waals surface area contributed by atoms with Crippen LogP contribution in [0.4, 0.5) is 0 Å². The number of carboxylic acid groups (broad SMARTS) is 1. The minimum absolute atomic E-state index is 0.0408. The minimum atomic E-state index is -0.948. The van der Waals surface area contributed by atoms with Crippen molar-refractivity contribution in [2.75, 3.05) is 6.54 Å². The first-order valence-electron chi connectivity index (χ1n) is 7.32. The highest BCUT2D eigenvalue weighted by atomic mass is 35.5. The topological polar surface area (TPSA) is 57.6 Å². The molecular weight excluding hydrogens is 290 g/mol. The second-order valence-corrected chi connectivity index (χ2v) is 6.44. The van der Waals surface area contributed by atoms with Crippen molar-refractivity contribution in [3.8, 4) is 0 Å². The molecule has 1 amide bonds. The number of nitrogens with zero attached hydrogens (tertiary/aromatic N) is 1. The van der Waals surface area contributed by atoms with E-state index in [2.05, 4.69) is 0 Å². The fraction of sp³-hybridized carbons (Fsp3) is 0.500. The van der Waals surface area contributed by atoms with Crippen molar-refractivity contribution in [1.82, 2.24) is 4.90 Å². The Balaban J connectivity index is 1.90. The molecule has 0 heterocycles. The summed E-state index contributed by atoms with van der Waals surface area (Å²) in [6, 6.07) is 7.51. The molecule has 0 radical (unpaired) electrons. The quantitative estimate of drug-likeness (QED) is 0.910. The first-order chi connectivity index (χ1) is 10.0. The summed E-state index contributed by atoms with van der Waals surface area (Å²) < 4.78 is 0. The third kappa shape index (κ3) is 2.64. The van der Waals surface area contributed by atoms with Crippen LogP contribution in [-0.2, 0) is 15.0 Å². The van der Waals surface area contributed by atoms with Gasteiger partial charge in [-0.15, -0.1) is 0 Å². The summed E-state index contributed by atoms with van der Waals surface area (Å²) in [5.41, 5.74) is 0.352. The molecule has 0 unspecified atom stereocenters. The van der Waals surface area contributed by atoms with Crippen molar-refractivity contribution in [3.05, 3.63) is 34.9 Å². The van der Waals surface area contributed by atoms with Gasteiger partial charge in [0, 0.05) is 11.1 Å². The third-order valence-electron chi connectivity index (χ3n) is 4.55. The molecule has 112 valence electrons. The number of carbonyl (C=O) groups is 2. The molecule has 1 aromatic carbocycles. The lowest BCUT2D eigenvalue weighted by Crippen LogP contribution is -2.53. The van der Waals surface area contributed by atoms with Crippen molar-refractivity contribution in [2.24, 2.45) is 0 Å². The molecule has 0 spiro atoms. The molecule has 0 saturated heterocycles. The number of hydrogen-bond acceptors (Lipinski definition) is 2. The van der Waals surface area contributed by atoms with E-state index in [4.69, 9.17) is 16.7 Å². The maximum absolute atomic E-state index is 13.0. The van der Waals surface area contributed by atoms with Gasteiger partial charge in [0.15, 0.2) is 0 Å². The Labute approximate surface area is 128 Å². The van der Waals surface area contributed by atoms with Gasteiger partial charge >= 0.3 is 5.97 Å². The third-order valence-corrected chi connectivity index (χ3v) is 4.78. The summed E-state index contributed by atoms with van der Waals surface area (Å²) in [5, 5.41) is 9.68. The summed E-state index contributed by atoms with van der Waals surface area (Å²) in [6.07, 6.45) is 4.35. The molecule has 2 saturated carbocycles. The summed E-state index contributed by atoms with van der Waals surface area (Å²) in [5.74, 6) is -0.989. The summed E-state index contributed by atoms with van der Waals surface area (Å²) in [6.45, 7) is -0.203. The highest BCUT2D eigenvalue weighted by Gasteiger charge is 2.50. The van der Waals surface area contributed by atoms with E-state index in [1.54, 1.807) is 11.0 Å². The van der Waals surface area contributed by atoms with Crippen LogP contribution < -0.4 is 0 Å². The Kier molecular flexibility index (Phi) is 3.66. The van der Waals surface area contributed by atoms with Gasteiger partial charge in [-0.2, -0.15) is 0 Å². The van der Waals surface area contributed by atoms with Crippen LogP contribution in [0.1, 0.15) is 37.7 Å². The normalized spacial score (nSPS) is 19.7. The van der Waals surface area contributed by atoms with Gasteiger partial charge in [-0.3, -0.25) is 9.59 Å². The van der Waals surface area contributed by atoms with E-state index in [-0.39, 0.29) is 18.5 Å². The van der Waals surface area contributed by atoms with Crippen LogP contribution in [0.3, 0.4) is 0 Å². The first-order valence-corrected chi connectivity index (χ1v) is 7.70. The van der Waals surface area contributed by atoms with Crippen LogP contribution in [0, 0.1) is 0 Å². The number of halogens is 1. The molecular formula is C16H18ClNO3. The van der Waals surface area contributed by atoms with E-state index in [1.165, 1.54) is 0 Å². The molecule has 0 bridgehead atoms. The molecule has 3 rings (SSSR count). The zero-order chi connectivity index (χ0) is 15.0. The standard InChI is InChI=1S/C16H18ClNO3/c17-12-4-1-3-11(9-12)16(7-2-8-16)15(21)18(10-14(19)20)13-5-6-13/h1,3-4,9,13H,2,5-8,10H2,(H,19,20). The van der Waals surface area contributed by atoms with Crippen LogP contribution in [0.25, 0.3) is 0 Å². The lowest BCUT2D eigenvalue weighted by atomic mass is 9.63. The zero-order valence-electron chi connectivity index (χ0n) is 11.7. The van der Waals surface area contributed by atoms with Crippen molar-refractivity contribution < 1.29 is 14.7 Å². The van der Waals surface area contributed by atoms with Crippen LogP contribution in [-0.4, -0.2) is 34.5 Å². The number of carbonyl (C=O) groups excluding carboxylic acids is 1. The summed E-state index contributed by atoms with van der Waals surface area (Å²) >= 11 is 6.06. The number of carboxylic acids is 1. The number of aliphatic carboxylic acids is 1. The van der Waals surface area contributed by atoms with Crippen molar-refractivity contribution in [2.45, 2.75) is 43.6 Å². The Hall–Kier alpha value is -1.55. The second kappa shape index (κ2) is 5.34. The van der Waals surface area contributed by atoms with Gasteiger partial charge in [0.1, 0.15) is 6.54 Å². The molecule has 4 nitrogen and oxygen atoms in total. The smallest absolute Gasteiger partial charge is 0.323 e. The van der Waals surface area contributed by atoms with E-state index >= 15 is 0 Å². The zero-order valence-corrected chi connectivity index (χ0v) is 12.5. The molecule has 5 heteroatoms. The van der Waals surface area contributed by atoms with Gasteiger partial charge in [0.05, 0.1) is 5.41 Å². The number of hydrogen-bond donors (Lipinski definition) is 1. The van der Waals surface area contributed by atoms with E-state index in [1.807, 2.05) is 18.2 Å².